The van der Waals surface area contributed by atoms with Gasteiger partial charge in [0.05, 0.1) is 11.5 Å². The summed E-state index contributed by atoms with van der Waals surface area (Å²) in [5.41, 5.74) is -0.601. The second-order valence-electron chi connectivity index (χ2n) is 9.46. The highest BCUT2D eigenvalue weighted by Gasteiger charge is 2.63. The Morgan fingerprint density at radius 1 is 1.15 bits per heavy atom. The summed E-state index contributed by atoms with van der Waals surface area (Å²) < 4.78 is 88.9. The molecule has 0 radical (unpaired) electrons. The molecule has 1 spiro atoms. The van der Waals surface area contributed by atoms with Gasteiger partial charge in [0.2, 0.25) is 0 Å². The molecular weight excluding hydrogens is 564 g/mol. The minimum Gasteiger partial charge on any atom is -0.464 e. The Hall–Kier alpha value is -2.84. The number of hydrogen-bond acceptors (Lipinski definition) is 8. The summed E-state index contributed by atoms with van der Waals surface area (Å²) in [6, 6.07) is 3.58. The molecule has 0 aromatic carbocycles. The lowest BCUT2D eigenvalue weighted by atomic mass is 9.81. The van der Waals surface area contributed by atoms with Crippen molar-refractivity contribution in [3.63, 3.8) is 0 Å². The Bertz CT molecular complexity index is 1010. The normalized spacial score (nSPS) is 24.0. The molecule has 2 fully saturated rings. The fourth-order valence-corrected chi connectivity index (χ4v) is 4.16. The maximum Gasteiger partial charge on any atom is 0.434 e. The minimum atomic E-state index is -5.68. The summed E-state index contributed by atoms with van der Waals surface area (Å²) in [6.45, 7) is 17.1. The zero-order valence-electron chi connectivity index (χ0n) is 23.6. The number of aryl methyl sites for hydroxylation is 1. The number of halogens is 6. The molecule has 4 rings (SSSR count). The van der Waals surface area contributed by atoms with Crippen molar-refractivity contribution in [3.8, 4) is 0 Å². The van der Waals surface area contributed by atoms with E-state index in [4.69, 9.17) is 19.0 Å². The van der Waals surface area contributed by atoms with Gasteiger partial charge in [-0.15, -0.1) is 0 Å². The van der Waals surface area contributed by atoms with Gasteiger partial charge in [0, 0.05) is 6.08 Å². The van der Waals surface area contributed by atoms with Crippen LogP contribution in [0.15, 0.2) is 41.4 Å². The lowest BCUT2D eigenvalue weighted by Crippen LogP contribution is -2.45. The van der Waals surface area contributed by atoms with Gasteiger partial charge < -0.3 is 28.6 Å². The maximum absolute atomic E-state index is 11.7. The molecule has 234 valence electrons. The monoisotopic (exact) mass is 601 g/mol. The van der Waals surface area contributed by atoms with E-state index in [0.717, 1.165) is 12.2 Å². The van der Waals surface area contributed by atoms with Gasteiger partial charge in [0.1, 0.15) is 30.3 Å². The van der Waals surface area contributed by atoms with Gasteiger partial charge in [-0.05, 0) is 58.1 Å². The molecule has 41 heavy (non-hydrogen) atoms. The molecular formula is C27H37F6NO7. The van der Waals surface area contributed by atoms with E-state index in [2.05, 4.69) is 37.0 Å². The third-order valence-electron chi connectivity index (χ3n) is 6.35. The molecule has 3 aliphatic rings. The number of aliphatic hydroxyl groups excluding tert-OH is 1. The summed E-state index contributed by atoms with van der Waals surface area (Å²) in [5.74, 6) is -0.461. The molecule has 8 nitrogen and oxygen atoms in total. The third-order valence-corrected chi connectivity index (χ3v) is 6.35. The van der Waals surface area contributed by atoms with Gasteiger partial charge in [-0.1, -0.05) is 33.4 Å². The first-order valence-electron chi connectivity index (χ1n) is 12.8. The van der Waals surface area contributed by atoms with Crippen LogP contribution in [0.25, 0.3) is 0 Å². The fraction of sp³-hybridized carbons (Fsp3) is 0.630. The number of furan rings is 1. The van der Waals surface area contributed by atoms with Gasteiger partial charge in [-0.2, -0.15) is 26.3 Å². The van der Waals surface area contributed by atoms with E-state index in [1.54, 1.807) is 6.07 Å². The molecule has 3 aliphatic heterocycles. The molecule has 1 N–H and O–H groups in total. The number of aliphatic hydroxyl groups is 1. The van der Waals surface area contributed by atoms with Crippen LogP contribution in [0, 0.1) is 12.8 Å². The van der Waals surface area contributed by atoms with E-state index in [0.29, 0.717) is 12.4 Å². The van der Waals surface area contributed by atoms with Crippen LogP contribution >= 0.6 is 0 Å². The van der Waals surface area contributed by atoms with Gasteiger partial charge in [-0.25, -0.2) is 4.79 Å². The van der Waals surface area contributed by atoms with Crippen LogP contribution in [0.5, 0.6) is 0 Å². The predicted molar refractivity (Wildman–Crippen MR) is 135 cm³/mol. The molecule has 2 bridgehead atoms. The Labute approximate surface area is 234 Å². The second kappa shape index (κ2) is 14.9. The summed E-state index contributed by atoms with van der Waals surface area (Å²) >= 11 is 0. The van der Waals surface area contributed by atoms with Crippen LogP contribution in [0.4, 0.5) is 26.3 Å². The smallest absolute Gasteiger partial charge is 0.434 e. The van der Waals surface area contributed by atoms with E-state index < -0.39 is 30.0 Å². The summed E-state index contributed by atoms with van der Waals surface area (Å²) in [4.78, 5) is 23.8. The summed E-state index contributed by atoms with van der Waals surface area (Å²) in [5, 5.41) is 8.46. The molecule has 4 heterocycles. The first-order valence-corrected chi connectivity index (χ1v) is 12.8. The summed E-state index contributed by atoms with van der Waals surface area (Å²) in [6.07, 6.45) is -10.4. The van der Waals surface area contributed by atoms with Crippen LogP contribution < -0.4 is 0 Å². The number of alkyl halides is 6. The van der Waals surface area contributed by atoms with E-state index in [1.165, 1.54) is 19.6 Å². The lowest BCUT2D eigenvalue weighted by molar-refractivity contribution is -0.312. The van der Waals surface area contributed by atoms with E-state index in [1.807, 2.05) is 32.1 Å². The number of fused-ring (bicyclic) bond motifs is 1. The van der Waals surface area contributed by atoms with Crippen molar-refractivity contribution >= 4 is 11.9 Å². The van der Waals surface area contributed by atoms with Gasteiger partial charge in [0.15, 0.2) is 0 Å². The van der Waals surface area contributed by atoms with Crippen molar-refractivity contribution in [2.24, 2.45) is 5.92 Å². The second-order valence-corrected chi connectivity index (χ2v) is 9.46. The van der Waals surface area contributed by atoms with Crippen molar-refractivity contribution in [2.45, 2.75) is 77.3 Å². The zero-order chi connectivity index (χ0) is 31.6. The van der Waals surface area contributed by atoms with Crippen LogP contribution in [0.3, 0.4) is 0 Å². The average molecular weight is 602 g/mol. The van der Waals surface area contributed by atoms with Gasteiger partial charge >= 0.3 is 24.3 Å². The number of carbonyl (C=O) groups excluding carboxylic acids is 2. The highest BCUT2D eigenvalue weighted by Crippen LogP contribution is 2.52. The Morgan fingerprint density at radius 3 is 2.02 bits per heavy atom. The number of esters is 2. The Morgan fingerprint density at radius 2 is 1.71 bits per heavy atom. The van der Waals surface area contributed by atoms with Crippen molar-refractivity contribution < 1.29 is 59.7 Å². The van der Waals surface area contributed by atoms with Crippen LogP contribution in [-0.4, -0.2) is 77.8 Å². The van der Waals surface area contributed by atoms with E-state index >= 15 is 0 Å². The molecule has 0 saturated carbocycles. The Kier molecular flexibility index (Phi) is 13.1. The topological polar surface area (TPSA) is 98.4 Å². The highest BCUT2D eigenvalue weighted by atomic mass is 19.4. The molecule has 0 aliphatic carbocycles. The summed E-state index contributed by atoms with van der Waals surface area (Å²) in [7, 11) is 0. The number of carbonyl (C=O) groups is 2. The Balaban J connectivity index is 0.000000284. The first kappa shape index (κ1) is 36.2. The standard InChI is InChI=1S/C9H10O3.C6H4F6O2.C6H15N.C6H8O2/c1-8-2-3-9(12-8)5-11-7(10)6(9)4-8;1-2-3(13)14-4(5(7,8)9)6(10,11)12;1-4-7(5-2)6-3;1-5-2-3-6(4-7)8-5/h2-3,6H,4-5H2,1H3;2,4H,1H2;4-6H2,1-3H3;2-3,7H,4H2,1H3/t6?,8-,9-;;;/m1.../s1. The van der Waals surface area contributed by atoms with Crippen molar-refractivity contribution in [1.82, 2.24) is 4.90 Å². The predicted octanol–water partition coefficient (Wildman–Crippen LogP) is 5.28. The molecule has 3 atom stereocenters. The lowest BCUT2D eigenvalue weighted by Gasteiger charge is -2.21. The molecule has 1 aromatic heterocycles. The van der Waals surface area contributed by atoms with E-state index in [-0.39, 0.29) is 30.2 Å². The molecule has 2 saturated heterocycles. The number of cyclic esters (lactones) is 1. The van der Waals surface area contributed by atoms with E-state index in [9.17, 15) is 35.9 Å². The van der Waals surface area contributed by atoms with Crippen molar-refractivity contribution in [3.05, 3.63) is 48.5 Å². The van der Waals surface area contributed by atoms with Gasteiger partial charge in [0.25, 0.3) is 6.10 Å². The molecule has 14 heteroatoms. The zero-order valence-corrected chi connectivity index (χ0v) is 23.6. The van der Waals surface area contributed by atoms with Gasteiger partial charge in [-0.3, -0.25) is 4.79 Å². The SMILES string of the molecule is C=CC(=O)OC(C(F)(F)F)C(F)(F)F.CCN(CC)CC.C[C@@]12C=C[C@]3(COC(=O)C3C1)O2.Cc1ccc(CO)o1. The number of ether oxygens (including phenoxy) is 3. The number of nitrogens with zero attached hydrogens (tertiary/aromatic N) is 1. The first-order chi connectivity index (χ1) is 18.9. The van der Waals surface area contributed by atoms with Crippen LogP contribution in [-0.2, 0) is 30.4 Å². The highest BCUT2D eigenvalue weighted by molar-refractivity contribution is 5.81. The average Bonchev–Trinajstić information content (AvgIpc) is 3.63. The largest absolute Gasteiger partial charge is 0.464 e. The number of hydrogen-bond donors (Lipinski definition) is 1. The molecule has 1 unspecified atom stereocenters. The number of rotatable bonds is 6. The maximum atomic E-state index is 11.7. The van der Waals surface area contributed by atoms with Crippen molar-refractivity contribution in [2.75, 3.05) is 26.2 Å². The fourth-order valence-electron chi connectivity index (χ4n) is 4.16. The molecule has 0 amide bonds. The third kappa shape index (κ3) is 10.5. The van der Waals surface area contributed by atoms with Crippen LogP contribution in [0.1, 0.15) is 45.6 Å². The minimum absolute atomic E-state index is 0.00611. The quantitative estimate of drug-likeness (QED) is 0.204. The van der Waals surface area contributed by atoms with Crippen LogP contribution in [0.2, 0.25) is 0 Å². The van der Waals surface area contributed by atoms with Crippen molar-refractivity contribution in [1.29, 1.82) is 0 Å². The molecule has 1 aromatic rings.